The molecule has 2 aromatic rings. The largest absolute Gasteiger partial charge is 0.489 e. The average molecular weight is 464 g/mol. The van der Waals surface area contributed by atoms with Crippen LogP contribution < -0.4 is 10.1 Å². The minimum Gasteiger partial charge on any atom is -0.489 e. The first-order valence-corrected chi connectivity index (χ1v) is 10.0. The highest BCUT2D eigenvalue weighted by molar-refractivity contribution is 6.35. The highest BCUT2D eigenvalue weighted by atomic mass is 35.5. The van der Waals surface area contributed by atoms with Crippen LogP contribution in [0.3, 0.4) is 0 Å². The molecule has 2 bridgehead atoms. The predicted molar refractivity (Wildman–Crippen MR) is 122 cm³/mol. The van der Waals surface area contributed by atoms with Gasteiger partial charge in [-0.25, -0.2) is 0 Å². The van der Waals surface area contributed by atoms with E-state index in [-0.39, 0.29) is 24.8 Å². The maximum atomic E-state index is 6.19. The van der Waals surface area contributed by atoms with Gasteiger partial charge in [-0.05, 0) is 61.7 Å². The highest BCUT2D eigenvalue weighted by Gasteiger charge is 2.33. The number of halogens is 4. The first-order chi connectivity index (χ1) is 12.7. The molecule has 154 valence electrons. The maximum absolute atomic E-state index is 6.19. The molecule has 3 aliphatic heterocycles. The zero-order valence-electron chi connectivity index (χ0n) is 15.6. The number of hydrogen-bond donors (Lipinski definition) is 1. The SMILES string of the molecule is Cl.Cl.Clc1ccc(COc2ccc(CNC3CN4CCC3CC4)cc2)c(Cl)c1. The van der Waals surface area contributed by atoms with Gasteiger partial charge in [0.25, 0.3) is 0 Å². The van der Waals surface area contributed by atoms with Crippen LogP contribution in [0.5, 0.6) is 5.75 Å². The molecule has 0 spiro atoms. The topological polar surface area (TPSA) is 24.5 Å². The molecule has 3 saturated heterocycles. The molecule has 28 heavy (non-hydrogen) atoms. The maximum Gasteiger partial charge on any atom is 0.119 e. The van der Waals surface area contributed by atoms with E-state index in [1.807, 2.05) is 24.3 Å². The van der Waals surface area contributed by atoms with E-state index in [0.717, 1.165) is 23.8 Å². The Hall–Kier alpha value is -0.680. The second-order valence-corrected chi connectivity index (χ2v) is 8.14. The van der Waals surface area contributed by atoms with Gasteiger partial charge in [-0.15, -0.1) is 24.8 Å². The first kappa shape index (κ1) is 23.6. The number of benzene rings is 2. The molecule has 0 saturated carbocycles. The molecule has 0 aliphatic carbocycles. The fourth-order valence-corrected chi connectivity index (χ4v) is 4.41. The molecular formula is C21H26Cl4N2O. The molecule has 1 atom stereocenters. The summed E-state index contributed by atoms with van der Waals surface area (Å²) in [5, 5.41) is 5.02. The van der Waals surface area contributed by atoms with Crippen molar-refractivity contribution in [2.24, 2.45) is 5.92 Å². The predicted octanol–water partition coefficient (Wildman–Crippen LogP) is 5.60. The Morgan fingerprint density at radius 2 is 1.71 bits per heavy atom. The molecule has 0 amide bonds. The van der Waals surface area contributed by atoms with Crippen molar-refractivity contribution in [2.75, 3.05) is 19.6 Å². The van der Waals surface area contributed by atoms with E-state index >= 15 is 0 Å². The summed E-state index contributed by atoms with van der Waals surface area (Å²) in [4.78, 5) is 2.58. The Morgan fingerprint density at radius 3 is 2.32 bits per heavy atom. The Morgan fingerprint density at radius 1 is 1.00 bits per heavy atom. The Bertz CT molecular complexity index is 749. The van der Waals surface area contributed by atoms with Gasteiger partial charge in [-0.1, -0.05) is 41.4 Å². The van der Waals surface area contributed by atoms with Crippen LogP contribution in [0.1, 0.15) is 24.0 Å². The molecule has 2 aromatic carbocycles. The van der Waals surface area contributed by atoms with Gasteiger partial charge >= 0.3 is 0 Å². The van der Waals surface area contributed by atoms with Crippen LogP contribution in [0.4, 0.5) is 0 Å². The van der Waals surface area contributed by atoms with Gasteiger partial charge < -0.3 is 15.0 Å². The third kappa shape index (κ3) is 5.91. The first-order valence-electron chi connectivity index (χ1n) is 9.29. The number of hydrogen-bond acceptors (Lipinski definition) is 3. The van der Waals surface area contributed by atoms with Crippen molar-refractivity contribution in [3.8, 4) is 5.75 Å². The van der Waals surface area contributed by atoms with Gasteiger partial charge in [0.1, 0.15) is 12.4 Å². The van der Waals surface area contributed by atoms with Crippen LogP contribution >= 0.6 is 48.0 Å². The molecule has 0 aromatic heterocycles. The normalized spacial score (nSPS) is 22.9. The number of fused-ring (bicyclic) bond motifs is 3. The fraction of sp³-hybridized carbons (Fsp3) is 0.429. The molecule has 5 rings (SSSR count). The minimum atomic E-state index is 0. The summed E-state index contributed by atoms with van der Waals surface area (Å²) in [5.41, 5.74) is 2.22. The lowest BCUT2D eigenvalue weighted by molar-refractivity contribution is 0.0720. The second-order valence-electron chi connectivity index (χ2n) is 7.29. The van der Waals surface area contributed by atoms with Gasteiger partial charge in [-0.3, -0.25) is 0 Å². The number of piperidine rings is 3. The van der Waals surface area contributed by atoms with Crippen molar-refractivity contribution < 1.29 is 4.74 Å². The van der Waals surface area contributed by atoms with Gasteiger partial charge in [-0.2, -0.15) is 0 Å². The number of rotatable bonds is 6. The summed E-state index contributed by atoms with van der Waals surface area (Å²) in [6.07, 6.45) is 2.69. The van der Waals surface area contributed by atoms with Gasteiger partial charge in [0.15, 0.2) is 0 Å². The van der Waals surface area contributed by atoms with E-state index < -0.39 is 0 Å². The van der Waals surface area contributed by atoms with E-state index in [9.17, 15) is 0 Å². The van der Waals surface area contributed by atoms with Crippen LogP contribution in [0.25, 0.3) is 0 Å². The Labute approximate surface area is 189 Å². The Balaban J connectivity index is 0.00000140. The van der Waals surface area contributed by atoms with Crippen LogP contribution in [-0.2, 0) is 13.2 Å². The summed E-state index contributed by atoms with van der Waals surface area (Å²) in [5.74, 6) is 1.70. The number of ether oxygens (including phenoxy) is 1. The minimum absolute atomic E-state index is 0. The summed E-state index contributed by atoms with van der Waals surface area (Å²) in [6.45, 7) is 5.12. The molecule has 7 heteroatoms. The van der Waals surface area contributed by atoms with Crippen LogP contribution in [0.15, 0.2) is 42.5 Å². The monoisotopic (exact) mass is 462 g/mol. The van der Waals surface area contributed by atoms with Gasteiger partial charge in [0.2, 0.25) is 0 Å². The molecule has 3 heterocycles. The standard InChI is InChI=1S/C21H24Cl2N2O.2ClH/c22-18-4-3-17(20(23)11-18)14-26-19-5-1-15(2-6-19)12-24-21-13-25-9-7-16(21)8-10-25;;/h1-6,11,16,21,24H,7-10,12-14H2;2*1H. The zero-order valence-corrected chi connectivity index (χ0v) is 18.7. The quantitative estimate of drug-likeness (QED) is 0.603. The lowest BCUT2D eigenvalue weighted by atomic mass is 9.84. The molecular weight excluding hydrogens is 438 g/mol. The number of nitrogens with one attached hydrogen (secondary N) is 1. The molecule has 0 radical (unpaired) electrons. The van der Waals surface area contributed by atoms with Crippen LogP contribution in [-0.4, -0.2) is 30.6 Å². The smallest absolute Gasteiger partial charge is 0.119 e. The fourth-order valence-electron chi connectivity index (χ4n) is 3.95. The lowest BCUT2D eigenvalue weighted by Crippen LogP contribution is -2.55. The third-order valence-corrected chi connectivity index (χ3v) is 6.14. The van der Waals surface area contributed by atoms with E-state index in [0.29, 0.717) is 22.7 Å². The molecule has 3 fully saturated rings. The average Bonchev–Trinajstić information content (AvgIpc) is 2.67. The van der Waals surface area contributed by atoms with Crippen molar-refractivity contribution in [1.29, 1.82) is 0 Å². The van der Waals surface area contributed by atoms with Crippen LogP contribution in [0.2, 0.25) is 10.0 Å². The number of nitrogens with zero attached hydrogens (tertiary/aromatic N) is 1. The Kier molecular flexibility index (Phi) is 9.20. The van der Waals surface area contributed by atoms with Gasteiger partial charge in [0.05, 0.1) is 0 Å². The van der Waals surface area contributed by atoms with Crippen molar-refractivity contribution in [3.05, 3.63) is 63.6 Å². The summed E-state index contributed by atoms with van der Waals surface area (Å²) in [6, 6.07) is 14.4. The molecule has 1 N–H and O–H groups in total. The second kappa shape index (κ2) is 10.9. The van der Waals surface area contributed by atoms with Gasteiger partial charge in [0, 0.05) is 34.7 Å². The van der Waals surface area contributed by atoms with E-state index in [2.05, 4.69) is 22.3 Å². The van der Waals surface area contributed by atoms with E-state index in [4.69, 9.17) is 27.9 Å². The van der Waals surface area contributed by atoms with Crippen molar-refractivity contribution >= 4 is 48.0 Å². The molecule has 1 unspecified atom stereocenters. The highest BCUT2D eigenvalue weighted by Crippen LogP contribution is 2.28. The van der Waals surface area contributed by atoms with Crippen molar-refractivity contribution in [1.82, 2.24) is 10.2 Å². The summed E-state index contributed by atoms with van der Waals surface area (Å²) >= 11 is 12.1. The molecule has 3 nitrogen and oxygen atoms in total. The van der Waals surface area contributed by atoms with Crippen molar-refractivity contribution in [2.45, 2.75) is 32.0 Å². The van der Waals surface area contributed by atoms with Crippen molar-refractivity contribution in [3.63, 3.8) is 0 Å². The van der Waals surface area contributed by atoms with E-state index in [1.54, 1.807) is 6.07 Å². The molecule has 3 aliphatic rings. The zero-order chi connectivity index (χ0) is 17.9. The summed E-state index contributed by atoms with van der Waals surface area (Å²) < 4.78 is 5.85. The van der Waals surface area contributed by atoms with E-state index in [1.165, 1.54) is 38.0 Å². The summed E-state index contributed by atoms with van der Waals surface area (Å²) in [7, 11) is 0. The van der Waals surface area contributed by atoms with Crippen LogP contribution in [0, 0.1) is 5.92 Å². The lowest BCUT2D eigenvalue weighted by Gasteiger charge is -2.45. The third-order valence-electron chi connectivity index (χ3n) is 5.56.